The Morgan fingerprint density at radius 3 is 2.65 bits per heavy atom. The number of rotatable bonds is 3. The van der Waals surface area contributed by atoms with Crippen LogP contribution in [0.5, 0.6) is 0 Å². The lowest BCUT2D eigenvalue weighted by Gasteiger charge is -2.25. The number of carbonyl (C=O) groups is 1. The van der Waals surface area contributed by atoms with Gasteiger partial charge in [-0.05, 0) is 31.9 Å². The standard InChI is InChI=1S/C12H18N4O/c1-12(6-2-3-7-12)15-11(17)9-4-5-10(16-13)14-8-9/h4-5,8H,2-3,6-7,13H2,1H3,(H,14,16)(H,15,17). The molecule has 5 nitrogen and oxygen atoms in total. The van der Waals surface area contributed by atoms with Gasteiger partial charge in [0.2, 0.25) is 0 Å². The van der Waals surface area contributed by atoms with Gasteiger partial charge in [0.05, 0.1) is 5.56 Å². The second-order valence-corrected chi connectivity index (χ2v) is 4.80. The number of hydrogen-bond donors (Lipinski definition) is 3. The first-order valence-electron chi connectivity index (χ1n) is 5.88. The maximum absolute atomic E-state index is 12.0. The highest BCUT2D eigenvalue weighted by Gasteiger charge is 2.30. The van der Waals surface area contributed by atoms with Gasteiger partial charge < -0.3 is 10.7 Å². The number of hydrogen-bond acceptors (Lipinski definition) is 4. The fraction of sp³-hybridized carbons (Fsp3) is 0.500. The summed E-state index contributed by atoms with van der Waals surface area (Å²) in [5.74, 6) is 5.70. The number of aromatic nitrogens is 1. The van der Waals surface area contributed by atoms with Gasteiger partial charge in [-0.15, -0.1) is 0 Å². The van der Waals surface area contributed by atoms with E-state index in [1.807, 2.05) is 0 Å². The van der Waals surface area contributed by atoms with Crippen molar-refractivity contribution in [1.29, 1.82) is 0 Å². The summed E-state index contributed by atoms with van der Waals surface area (Å²) >= 11 is 0. The van der Waals surface area contributed by atoms with Crippen molar-refractivity contribution >= 4 is 11.7 Å². The zero-order chi connectivity index (χ0) is 12.3. The Bertz CT molecular complexity index is 395. The summed E-state index contributed by atoms with van der Waals surface area (Å²) in [4.78, 5) is 16.0. The Labute approximate surface area is 101 Å². The minimum Gasteiger partial charge on any atom is -0.347 e. The van der Waals surface area contributed by atoms with Crippen LogP contribution in [0.25, 0.3) is 0 Å². The summed E-state index contributed by atoms with van der Waals surface area (Å²) in [5.41, 5.74) is 2.94. The molecular formula is C12H18N4O. The molecular weight excluding hydrogens is 216 g/mol. The molecule has 2 rings (SSSR count). The maximum atomic E-state index is 12.0. The van der Waals surface area contributed by atoms with Gasteiger partial charge in [0.15, 0.2) is 0 Å². The third-order valence-electron chi connectivity index (χ3n) is 3.30. The molecule has 5 heteroatoms. The largest absolute Gasteiger partial charge is 0.347 e. The van der Waals surface area contributed by atoms with E-state index in [9.17, 15) is 4.79 Å². The van der Waals surface area contributed by atoms with Crippen molar-refractivity contribution in [3.05, 3.63) is 23.9 Å². The topological polar surface area (TPSA) is 80.0 Å². The van der Waals surface area contributed by atoms with E-state index in [4.69, 9.17) is 5.84 Å². The Kier molecular flexibility index (Phi) is 3.28. The lowest BCUT2D eigenvalue weighted by Crippen LogP contribution is -2.43. The second kappa shape index (κ2) is 4.71. The fourth-order valence-corrected chi connectivity index (χ4v) is 2.24. The first-order chi connectivity index (χ1) is 8.13. The summed E-state index contributed by atoms with van der Waals surface area (Å²) in [7, 11) is 0. The molecule has 0 aromatic carbocycles. The number of nitrogens with one attached hydrogen (secondary N) is 2. The van der Waals surface area contributed by atoms with E-state index < -0.39 is 0 Å². The van der Waals surface area contributed by atoms with Crippen molar-refractivity contribution in [2.24, 2.45) is 5.84 Å². The molecule has 0 aliphatic heterocycles. The average Bonchev–Trinajstić information content (AvgIpc) is 2.76. The minimum atomic E-state index is -0.0644. The number of nitrogen functional groups attached to an aromatic ring is 1. The molecule has 1 amide bonds. The van der Waals surface area contributed by atoms with E-state index in [1.165, 1.54) is 19.0 Å². The molecule has 1 aromatic heterocycles. The van der Waals surface area contributed by atoms with Crippen LogP contribution in [0, 0.1) is 0 Å². The highest BCUT2D eigenvalue weighted by atomic mass is 16.1. The van der Waals surface area contributed by atoms with Gasteiger partial charge in [-0.2, -0.15) is 0 Å². The van der Waals surface area contributed by atoms with Crippen LogP contribution >= 0.6 is 0 Å². The van der Waals surface area contributed by atoms with Gasteiger partial charge >= 0.3 is 0 Å². The summed E-state index contributed by atoms with van der Waals surface area (Å²) in [6, 6.07) is 3.40. The van der Waals surface area contributed by atoms with Gasteiger partial charge in [-0.1, -0.05) is 12.8 Å². The van der Waals surface area contributed by atoms with Crippen molar-refractivity contribution in [2.45, 2.75) is 38.1 Å². The predicted molar refractivity (Wildman–Crippen MR) is 66.4 cm³/mol. The van der Waals surface area contributed by atoms with Crippen LogP contribution in [0.4, 0.5) is 5.82 Å². The van der Waals surface area contributed by atoms with Crippen LogP contribution in [-0.4, -0.2) is 16.4 Å². The quantitative estimate of drug-likeness (QED) is 0.546. The van der Waals surface area contributed by atoms with E-state index in [0.717, 1.165) is 12.8 Å². The van der Waals surface area contributed by atoms with Gasteiger partial charge in [-0.25, -0.2) is 10.8 Å². The number of carbonyl (C=O) groups excluding carboxylic acids is 1. The van der Waals surface area contributed by atoms with E-state index in [0.29, 0.717) is 11.4 Å². The third kappa shape index (κ3) is 2.74. The van der Waals surface area contributed by atoms with Crippen LogP contribution in [0.1, 0.15) is 43.0 Å². The number of nitrogens with zero attached hydrogens (tertiary/aromatic N) is 1. The first-order valence-corrected chi connectivity index (χ1v) is 5.88. The van der Waals surface area contributed by atoms with E-state index >= 15 is 0 Å². The number of nitrogens with two attached hydrogens (primary N) is 1. The molecule has 1 heterocycles. The SMILES string of the molecule is CC1(NC(=O)c2ccc(NN)nc2)CCCC1. The molecule has 0 unspecified atom stereocenters. The molecule has 92 valence electrons. The number of pyridine rings is 1. The lowest BCUT2D eigenvalue weighted by atomic mass is 10.0. The maximum Gasteiger partial charge on any atom is 0.253 e. The Morgan fingerprint density at radius 2 is 2.12 bits per heavy atom. The van der Waals surface area contributed by atoms with Crippen molar-refractivity contribution in [3.63, 3.8) is 0 Å². The molecule has 0 saturated heterocycles. The van der Waals surface area contributed by atoms with Crippen molar-refractivity contribution < 1.29 is 4.79 Å². The van der Waals surface area contributed by atoms with E-state index in [-0.39, 0.29) is 11.4 Å². The van der Waals surface area contributed by atoms with Crippen LogP contribution in [-0.2, 0) is 0 Å². The van der Waals surface area contributed by atoms with E-state index in [1.54, 1.807) is 12.1 Å². The summed E-state index contributed by atoms with van der Waals surface area (Å²) < 4.78 is 0. The summed E-state index contributed by atoms with van der Waals surface area (Å²) in [5, 5.41) is 3.08. The Hall–Kier alpha value is -1.62. The molecule has 17 heavy (non-hydrogen) atoms. The lowest BCUT2D eigenvalue weighted by molar-refractivity contribution is 0.0908. The average molecular weight is 234 g/mol. The van der Waals surface area contributed by atoms with Crippen LogP contribution < -0.4 is 16.6 Å². The van der Waals surface area contributed by atoms with Crippen molar-refractivity contribution in [2.75, 3.05) is 5.43 Å². The molecule has 1 aromatic rings. The highest BCUT2D eigenvalue weighted by Crippen LogP contribution is 2.29. The molecule has 0 spiro atoms. The number of amides is 1. The van der Waals surface area contributed by atoms with Crippen molar-refractivity contribution in [3.8, 4) is 0 Å². The molecule has 0 bridgehead atoms. The predicted octanol–water partition coefficient (Wildman–Crippen LogP) is 1.43. The Balaban J connectivity index is 2.03. The minimum absolute atomic E-state index is 0.0537. The summed E-state index contributed by atoms with van der Waals surface area (Å²) in [6.45, 7) is 2.10. The zero-order valence-corrected chi connectivity index (χ0v) is 9.99. The molecule has 1 fully saturated rings. The normalized spacial score (nSPS) is 17.8. The summed E-state index contributed by atoms with van der Waals surface area (Å²) in [6.07, 6.45) is 6.00. The molecule has 4 N–H and O–H groups in total. The van der Waals surface area contributed by atoms with Crippen molar-refractivity contribution in [1.82, 2.24) is 10.3 Å². The number of hydrazine groups is 1. The smallest absolute Gasteiger partial charge is 0.253 e. The molecule has 0 atom stereocenters. The number of anilines is 1. The van der Waals surface area contributed by atoms with E-state index in [2.05, 4.69) is 22.7 Å². The van der Waals surface area contributed by atoms with Gasteiger partial charge in [0.1, 0.15) is 5.82 Å². The van der Waals surface area contributed by atoms with Crippen LogP contribution in [0.15, 0.2) is 18.3 Å². The van der Waals surface area contributed by atoms with Gasteiger partial charge in [0, 0.05) is 11.7 Å². The van der Waals surface area contributed by atoms with Gasteiger partial charge in [0.25, 0.3) is 5.91 Å². The molecule has 1 aliphatic carbocycles. The first kappa shape index (κ1) is 11.9. The van der Waals surface area contributed by atoms with Gasteiger partial charge in [-0.3, -0.25) is 4.79 Å². The highest BCUT2D eigenvalue weighted by molar-refractivity contribution is 5.94. The Morgan fingerprint density at radius 1 is 1.41 bits per heavy atom. The second-order valence-electron chi connectivity index (χ2n) is 4.80. The monoisotopic (exact) mass is 234 g/mol. The third-order valence-corrected chi connectivity index (χ3v) is 3.30. The molecule has 0 radical (unpaired) electrons. The molecule has 1 saturated carbocycles. The van der Waals surface area contributed by atoms with Crippen LogP contribution in [0.3, 0.4) is 0 Å². The fourth-order valence-electron chi connectivity index (χ4n) is 2.24. The molecule has 1 aliphatic rings. The van der Waals surface area contributed by atoms with Crippen LogP contribution in [0.2, 0.25) is 0 Å². The zero-order valence-electron chi connectivity index (χ0n) is 9.99.